The highest BCUT2D eigenvalue weighted by atomic mass is 15.2. The predicted octanol–water partition coefficient (Wildman–Crippen LogP) is 0.406. The van der Waals surface area contributed by atoms with Crippen molar-refractivity contribution in [1.82, 2.24) is 19.9 Å². The molecule has 0 fully saturated rings. The van der Waals surface area contributed by atoms with E-state index >= 15 is 0 Å². The third-order valence-corrected chi connectivity index (χ3v) is 2.59. The van der Waals surface area contributed by atoms with Crippen molar-refractivity contribution in [3.05, 3.63) is 23.7 Å². The molecule has 0 unspecified atom stereocenters. The fraction of sp³-hybridized carbons (Fsp3) is 0.300. The Morgan fingerprint density at radius 3 is 3.33 bits per heavy atom. The van der Waals surface area contributed by atoms with Gasteiger partial charge >= 0.3 is 0 Å². The van der Waals surface area contributed by atoms with Crippen molar-refractivity contribution in [2.45, 2.75) is 13.1 Å². The first-order chi connectivity index (χ1) is 7.38. The number of imidazole rings is 1. The molecule has 0 aromatic carbocycles. The minimum absolute atomic E-state index is 0.561. The third-order valence-electron chi connectivity index (χ3n) is 2.59. The van der Waals surface area contributed by atoms with Crippen molar-refractivity contribution in [3.63, 3.8) is 0 Å². The van der Waals surface area contributed by atoms with Gasteiger partial charge in [-0.15, -0.1) is 0 Å². The maximum atomic E-state index is 8.76. The minimum Gasteiger partial charge on any atom is -0.310 e. The van der Waals surface area contributed by atoms with Crippen LogP contribution in [-0.2, 0) is 13.1 Å². The van der Waals surface area contributed by atoms with E-state index in [1.807, 2.05) is 0 Å². The van der Waals surface area contributed by atoms with Crippen LogP contribution in [0.5, 0.6) is 0 Å². The van der Waals surface area contributed by atoms with E-state index in [1.54, 1.807) is 12.3 Å². The van der Waals surface area contributed by atoms with E-state index in [-0.39, 0.29) is 0 Å². The third kappa shape index (κ3) is 1.19. The Kier molecular flexibility index (Phi) is 1.70. The number of aromatic nitrogens is 3. The second-order valence-corrected chi connectivity index (χ2v) is 3.53. The number of fused-ring (bicyclic) bond motifs is 3. The van der Waals surface area contributed by atoms with Crippen molar-refractivity contribution in [1.29, 1.82) is 5.26 Å². The summed E-state index contributed by atoms with van der Waals surface area (Å²) in [6, 6.07) is 3.86. The normalized spacial score (nSPS) is 14.9. The Labute approximate surface area is 86.4 Å². The number of hydrogen-bond acceptors (Lipinski definition) is 4. The molecule has 1 aliphatic heterocycles. The fourth-order valence-corrected chi connectivity index (χ4v) is 1.88. The smallest absolute Gasteiger partial charge is 0.160 e. The Balaban J connectivity index is 2.28. The largest absolute Gasteiger partial charge is 0.310 e. The van der Waals surface area contributed by atoms with Crippen molar-refractivity contribution in [3.8, 4) is 6.07 Å². The van der Waals surface area contributed by atoms with E-state index in [0.29, 0.717) is 5.56 Å². The van der Waals surface area contributed by atoms with E-state index in [0.717, 1.165) is 36.6 Å². The summed E-state index contributed by atoms with van der Waals surface area (Å²) in [5.74, 6) is 0.999. The molecule has 1 aliphatic rings. The molecule has 0 saturated carbocycles. The van der Waals surface area contributed by atoms with E-state index in [4.69, 9.17) is 5.26 Å². The topological polar surface area (TPSA) is 66.5 Å². The van der Waals surface area contributed by atoms with E-state index < -0.39 is 0 Å². The van der Waals surface area contributed by atoms with Gasteiger partial charge in [0.25, 0.3) is 0 Å². The quantitative estimate of drug-likeness (QED) is 0.667. The van der Waals surface area contributed by atoms with Crippen LogP contribution in [0.15, 0.2) is 12.3 Å². The van der Waals surface area contributed by atoms with Gasteiger partial charge in [-0.1, -0.05) is 0 Å². The zero-order valence-corrected chi connectivity index (χ0v) is 8.06. The van der Waals surface area contributed by atoms with Crippen LogP contribution in [-0.4, -0.2) is 21.1 Å². The van der Waals surface area contributed by atoms with Crippen LogP contribution in [0.3, 0.4) is 0 Å². The highest BCUT2D eigenvalue weighted by Crippen LogP contribution is 2.16. The highest BCUT2D eigenvalue weighted by molar-refractivity contribution is 5.73. The zero-order valence-electron chi connectivity index (χ0n) is 8.06. The Morgan fingerprint density at radius 1 is 1.53 bits per heavy atom. The highest BCUT2D eigenvalue weighted by Gasteiger charge is 2.14. The lowest BCUT2D eigenvalue weighted by atomic mass is 10.3. The maximum Gasteiger partial charge on any atom is 0.160 e. The summed E-state index contributed by atoms with van der Waals surface area (Å²) in [5.41, 5.74) is 2.25. The van der Waals surface area contributed by atoms with Crippen molar-refractivity contribution in [2.24, 2.45) is 0 Å². The maximum absolute atomic E-state index is 8.76. The Morgan fingerprint density at radius 2 is 2.47 bits per heavy atom. The summed E-state index contributed by atoms with van der Waals surface area (Å²) in [7, 11) is 0. The zero-order chi connectivity index (χ0) is 10.3. The number of nitriles is 1. The molecule has 5 nitrogen and oxygen atoms in total. The van der Waals surface area contributed by atoms with Gasteiger partial charge in [0, 0.05) is 19.3 Å². The summed E-state index contributed by atoms with van der Waals surface area (Å²) >= 11 is 0. The van der Waals surface area contributed by atoms with E-state index in [1.165, 1.54) is 0 Å². The lowest BCUT2D eigenvalue weighted by Crippen LogP contribution is -2.28. The van der Waals surface area contributed by atoms with Crippen molar-refractivity contribution < 1.29 is 0 Å². The van der Waals surface area contributed by atoms with Crippen LogP contribution in [0.1, 0.15) is 11.4 Å². The van der Waals surface area contributed by atoms with Gasteiger partial charge in [-0.3, -0.25) is 0 Å². The SMILES string of the molecule is N#Cc1cnc2c(c1)nc1n2CCNC1. The van der Waals surface area contributed by atoms with E-state index in [2.05, 4.69) is 25.9 Å². The van der Waals surface area contributed by atoms with E-state index in [9.17, 15) is 0 Å². The average molecular weight is 199 g/mol. The molecule has 0 spiro atoms. The van der Waals surface area contributed by atoms with Gasteiger partial charge in [0.1, 0.15) is 17.4 Å². The molecule has 0 radical (unpaired) electrons. The van der Waals surface area contributed by atoms with Gasteiger partial charge in [0.15, 0.2) is 5.65 Å². The number of hydrogen-bond donors (Lipinski definition) is 1. The summed E-state index contributed by atoms with van der Waals surface area (Å²) in [6.45, 7) is 2.61. The lowest BCUT2D eigenvalue weighted by molar-refractivity contribution is 0.512. The molecule has 3 rings (SSSR count). The van der Waals surface area contributed by atoms with Gasteiger partial charge in [0.05, 0.1) is 12.1 Å². The molecule has 0 aliphatic carbocycles. The van der Waals surface area contributed by atoms with Crippen molar-refractivity contribution >= 4 is 11.2 Å². The summed E-state index contributed by atoms with van der Waals surface area (Å²) in [6.07, 6.45) is 1.60. The molecule has 5 heteroatoms. The molecule has 2 aromatic heterocycles. The second-order valence-electron chi connectivity index (χ2n) is 3.53. The van der Waals surface area contributed by atoms with Gasteiger partial charge in [0.2, 0.25) is 0 Å². The van der Waals surface area contributed by atoms with Gasteiger partial charge in [-0.05, 0) is 6.07 Å². The standard InChI is InChI=1S/C10H9N5/c11-4-7-3-8-10(13-5-7)15-2-1-12-6-9(15)14-8/h3,5,12H,1-2,6H2. The lowest BCUT2D eigenvalue weighted by Gasteiger charge is -2.14. The van der Waals surface area contributed by atoms with Gasteiger partial charge in [-0.25, -0.2) is 9.97 Å². The van der Waals surface area contributed by atoms with Crippen LogP contribution in [0.4, 0.5) is 0 Å². The van der Waals surface area contributed by atoms with Gasteiger partial charge < -0.3 is 9.88 Å². The number of rotatable bonds is 0. The molecule has 0 saturated heterocycles. The molecule has 0 atom stereocenters. The first kappa shape index (κ1) is 8.38. The molecular formula is C10H9N5. The predicted molar refractivity (Wildman–Crippen MR) is 53.9 cm³/mol. The van der Waals surface area contributed by atoms with Crippen LogP contribution in [0.25, 0.3) is 11.2 Å². The van der Waals surface area contributed by atoms with Crippen molar-refractivity contribution in [2.75, 3.05) is 6.54 Å². The van der Waals surface area contributed by atoms with Crippen LogP contribution >= 0.6 is 0 Å². The summed E-state index contributed by atoms with van der Waals surface area (Å²) in [5, 5.41) is 12.0. The summed E-state index contributed by atoms with van der Waals surface area (Å²) < 4.78 is 2.10. The van der Waals surface area contributed by atoms with Crippen LogP contribution < -0.4 is 5.32 Å². The Bertz CT molecular complexity index is 563. The molecule has 15 heavy (non-hydrogen) atoms. The fourth-order valence-electron chi connectivity index (χ4n) is 1.88. The average Bonchev–Trinajstić information content (AvgIpc) is 2.66. The molecule has 3 heterocycles. The molecule has 0 bridgehead atoms. The number of nitrogens with zero attached hydrogens (tertiary/aromatic N) is 4. The van der Waals surface area contributed by atoms with Crippen LogP contribution in [0.2, 0.25) is 0 Å². The monoisotopic (exact) mass is 199 g/mol. The van der Waals surface area contributed by atoms with Crippen LogP contribution in [0, 0.1) is 11.3 Å². The first-order valence-corrected chi connectivity index (χ1v) is 4.84. The number of pyridine rings is 1. The molecule has 0 amide bonds. The minimum atomic E-state index is 0.561. The molecule has 74 valence electrons. The Hall–Kier alpha value is -1.93. The van der Waals surface area contributed by atoms with Gasteiger partial charge in [-0.2, -0.15) is 5.26 Å². The molecular weight excluding hydrogens is 190 g/mol. The summed E-state index contributed by atoms with van der Waals surface area (Å²) in [4.78, 5) is 8.72. The first-order valence-electron chi connectivity index (χ1n) is 4.84. The molecule has 2 aromatic rings. The second kappa shape index (κ2) is 3.04. The molecule has 1 N–H and O–H groups in total. The number of nitrogens with one attached hydrogen (secondary N) is 1.